The van der Waals surface area contributed by atoms with Gasteiger partial charge in [0.15, 0.2) is 0 Å². The molecular weight excluding hydrogens is 164 g/mol. The zero-order valence-electron chi connectivity index (χ0n) is 7.31. The molecule has 0 saturated carbocycles. The van der Waals surface area contributed by atoms with Gasteiger partial charge < -0.3 is 5.21 Å². The zero-order chi connectivity index (χ0) is 9.26. The molecule has 0 aliphatic carbocycles. The maximum Gasteiger partial charge on any atom is 0.142 e. The number of rotatable bonds is 1. The van der Waals surface area contributed by atoms with E-state index in [9.17, 15) is 5.21 Å². The van der Waals surface area contributed by atoms with Crippen molar-refractivity contribution in [2.24, 2.45) is 0 Å². The molecule has 0 radical (unpaired) electrons. The highest BCUT2D eigenvalue weighted by Gasteiger charge is 2.03. The Morgan fingerprint density at radius 3 is 2.46 bits per heavy atom. The van der Waals surface area contributed by atoms with Crippen LogP contribution in [0.2, 0.25) is 0 Å². The number of benzene rings is 1. The average Bonchev–Trinajstić information content (AvgIpc) is 2.49. The Morgan fingerprint density at radius 1 is 1.23 bits per heavy atom. The molecule has 1 aromatic carbocycles. The Balaban J connectivity index is 2.48. The molecule has 3 nitrogen and oxygen atoms in total. The summed E-state index contributed by atoms with van der Waals surface area (Å²) in [5.74, 6) is 0.596. The van der Waals surface area contributed by atoms with E-state index in [2.05, 4.69) is 4.98 Å². The molecule has 3 heteroatoms. The van der Waals surface area contributed by atoms with Crippen molar-refractivity contribution in [1.82, 2.24) is 9.71 Å². The van der Waals surface area contributed by atoms with Crippen molar-refractivity contribution in [3.8, 4) is 11.3 Å². The number of aromatic nitrogens is 2. The van der Waals surface area contributed by atoms with Gasteiger partial charge in [-0.15, -0.1) is 0 Å². The fourth-order valence-corrected chi connectivity index (χ4v) is 1.21. The lowest BCUT2D eigenvalue weighted by Gasteiger charge is -1.92. The van der Waals surface area contributed by atoms with Crippen LogP contribution in [0.15, 0.2) is 36.5 Å². The van der Waals surface area contributed by atoms with Gasteiger partial charge in [-0.2, -0.15) is 4.73 Å². The number of hydrogen-bond donors (Lipinski definition) is 1. The predicted octanol–water partition coefficient (Wildman–Crippen LogP) is 2.10. The van der Waals surface area contributed by atoms with Gasteiger partial charge >= 0.3 is 0 Å². The molecule has 1 heterocycles. The Hall–Kier alpha value is -1.77. The maximum atomic E-state index is 9.26. The van der Waals surface area contributed by atoms with Gasteiger partial charge in [-0.1, -0.05) is 30.3 Å². The summed E-state index contributed by atoms with van der Waals surface area (Å²) in [4.78, 5) is 4.19. The number of nitrogens with zero attached hydrogens (tertiary/aromatic N) is 2. The molecule has 0 saturated heterocycles. The lowest BCUT2D eigenvalue weighted by Crippen LogP contribution is -1.89. The van der Waals surface area contributed by atoms with Crippen LogP contribution >= 0.6 is 0 Å². The van der Waals surface area contributed by atoms with Crippen LogP contribution in [0.1, 0.15) is 5.82 Å². The van der Waals surface area contributed by atoms with E-state index in [1.165, 1.54) is 0 Å². The summed E-state index contributed by atoms with van der Waals surface area (Å²) in [6.07, 6.45) is 1.60. The lowest BCUT2D eigenvalue weighted by molar-refractivity contribution is 0.179. The predicted molar refractivity (Wildman–Crippen MR) is 49.6 cm³/mol. The third kappa shape index (κ3) is 1.40. The summed E-state index contributed by atoms with van der Waals surface area (Å²) < 4.78 is 1.03. The Morgan fingerprint density at radius 2 is 1.92 bits per heavy atom. The first kappa shape index (κ1) is 7.86. The molecular formula is C10H10N2O. The van der Waals surface area contributed by atoms with E-state index in [4.69, 9.17) is 0 Å². The molecule has 2 rings (SSSR count). The molecule has 0 amide bonds. The molecule has 0 spiro atoms. The first-order valence-corrected chi connectivity index (χ1v) is 4.08. The van der Waals surface area contributed by atoms with E-state index in [0.717, 1.165) is 16.0 Å². The summed E-state index contributed by atoms with van der Waals surface area (Å²) in [6, 6.07) is 9.76. The molecule has 0 atom stereocenters. The minimum Gasteiger partial charge on any atom is -0.427 e. The van der Waals surface area contributed by atoms with Crippen LogP contribution < -0.4 is 0 Å². The number of imidazole rings is 1. The molecule has 1 N–H and O–H groups in total. The third-order valence-corrected chi connectivity index (χ3v) is 1.93. The van der Waals surface area contributed by atoms with E-state index in [1.54, 1.807) is 13.1 Å². The molecule has 0 aliphatic heterocycles. The largest absolute Gasteiger partial charge is 0.427 e. The van der Waals surface area contributed by atoms with Crippen LogP contribution in [0, 0.1) is 6.92 Å². The molecule has 0 fully saturated rings. The van der Waals surface area contributed by atoms with Crippen molar-refractivity contribution in [3.05, 3.63) is 42.4 Å². The smallest absolute Gasteiger partial charge is 0.142 e. The molecule has 0 unspecified atom stereocenters. The Labute approximate surface area is 76.2 Å². The van der Waals surface area contributed by atoms with Crippen LogP contribution in [-0.2, 0) is 0 Å². The first-order valence-electron chi connectivity index (χ1n) is 4.08. The Bertz CT molecular complexity index is 387. The van der Waals surface area contributed by atoms with Crippen LogP contribution in [0.4, 0.5) is 0 Å². The van der Waals surface area contributed by atoms with Gasteiger partial charge in [-0.3, -0.25) is 0 Å². The summed E-state index contributed by atoms with van der Waals surface area (Å²) in [6.45, 7) is 1.76. The van der Waals surface area contributed by atoms with Crippen molar-refractivity contribution in [2.45, 2.75) is 6.92 Å². The van der Waals surface area contributed by atoms with Crippen molar-refractivity contribution in [3.63, 3.8) is 0 Å². The van der Waals surface area contributed by atoms with Gasteiger partial charge in [0.2, 0.25) is 0 Å². The highest BCUT2D eigenvalue weighted by Crippen LogP contribution is 2.16. The SMILES string of the molecule is Cc1nc(-c2ccccc2)cn1O. The highest BCUT2D eigenvalue weighted by molar-refractivity contribution is 5.58. The minimum atomic E-state index is 0.596. The topological polar surface area (TPSA) is 38.0 Å². The second kappa shape index (κ2) is 2.94. The van der Waals surface area contributed by atoms with Gasteiger partial charge in [0, 0.05) is 5.56 Å². The standard InChI is InChI=1S/C10H10N2O/c1-8-11-10(7-12(8)13)9-5-3-2-4-6-9/h2-7,13H,1H3. The van der Waals surface area contributed by atoms with E-state index in [0.29, 0.717) is 5.82 Å². The van der Waals surface area contributed by atoms with Gasteiger partial charge in [0.25, 0.3) is 0 Å². The van der Waals surface area contributed by atoms with E-state index >= 15 is 0 Å². The lowest BCUT2D eigenvalue weighted by atomic mass is 10.2. The van der Waals surface area contributed by atoms with E-state index in [-0.39, 0.29) is 0 Å². The molecule has 2 aromatic rings. The summed E-state index contributed by atoms with van der Waals surface area (Å²) in [5, 5.41) is 9.26. The molecule has 1 aromatic heterocycles. The maximum absolute atomic E-state index is 9.26. The molecule has 0 aliphatic rings. The van der Waals surface area contributed by atoms with Crippen molar-refractivity contribution >= 4 is 0 Å². The highest BCUT2D eigenvalue weighted by atomic mass is 16.5. The second-order valence-electron chi connectivity index (χ2n) is 2.88. The first-order chi connectivity index (χ1) is 6.27. The molecule has 0 bridgehead atoms. The van der Waals surface area contributed by atoms with Gasteiger partial charge in [-0.25, -0.2) is 4.98 Å². The Kier molecular flexibility index (Phi) is 1.77. The molecule has 13 heavy (non-hydrogen) atoms. The van der Waals surface area contributed by atoms with Crippen molar-refractivity contribution in [1.29, 1.82) is 0 Å². The normalized spacial score (nSPS) is 10.2. The van der Waals surface area contributed by atoms with Crippen LogP contribution in [0.25, 0.3) is 11.3 Å². The second-order valence-corrected chi connectivity index (χ2v) is 2.88. The monoisotopic (exact) mass is 174 g/mol. The fourth-order valence-electron chi connectivity index (χ4n) is 1.21. The van der Waals surface area contributed by atoms with E-state index < -0.39 is 0 Å². The quantitative estimate of drug-likeness (QED) is 0.672. The van der Waals surface area contributed by atoms with Crippen LogP contribution in [0.5, 0.6) is 0 Å². The third-order valence-electron chi connectivity index (χ3n) is 1.93. The van der Waals surface area contributed by atoms with Gasteiger partial charge in [0.05, 0.1) is 11.9 Å². The van der Waals surface area contributed by atoms with E-state index in [1.807, 2.05) is 30.3 Å². The van der Waals surface area contributed by atoms with Gasteiger partial charge in [0.1, 0.15) is 5.82 Å². The van der Waals surface area contributed by atoms with Crippen molar-refractivity contribution < 1.29 is 5.21 Å². The summed E-state index contributed by atoms with van der Waals surface area (Å²) in [5.41, 5.74) is 1.80. The average molecular weight is 174 g/mol. The van der Waals surface area contributed by atoms with Gasteiger partial charge in [-0.05, 0) is 6.92 Å². The minimum absolute atomic E-state index is 0.596. The number of hydrogen-bond acceptors (Lipinski definition) is 2. The summed E-state index contributed by atoms with van der Waals surface area (Å²) >= 11 is 0. The van der Waals surface area contributed by atoms with Crippen LogP contribution in [0.3, 0.4) is 0 Å². The van der Waals surface area contributed by atoms with Crippen LogP contribution in [-0.4, -0.2) is 14.9 Å². The fraction of sp³-hybridized carbons (Fsp3) is 0.100. The van der Waals surface area contributed by atoms with Crippen molar-refractivity contribution in [2.75, 3.05) is 0 Å². The summed E-state index contributed by atoms with van der Waals surface area (Å²) in [7, 11) is 0. The zero-order valence-corrected chi connectivity index (χ0v) is 7.31. The number of aryl methyl sites for hydroxylation is 1. The molecule has 66 valence electrons.